The average molecular weight is 263 g/mol. The Morgan fingerprint density at radius 1 is 1.32 bits per heavy atom. The molecule has 19 heavy (non-hydrogen) atoms. The lowest BCUT2D eigenvalue weighted by molar-refractivity contribution is 0.0599. The highest BCUT2D eigenvalue weighted by atomic mass is 16.5. The number of esters is 1. The number of nitrogens with one attached hydrogen (secondary N) is 1. The second-order valence-corrected chi connectivity index (χ2v) is 5.90. The fraction of sp³-hybridized carbons (Fsp3) is 0.562. The highest BCUT2D eigenvalue weighted by Gasteiger charge is 2.21. The summed E-state index contributed by atoms with van der Waals surface area (Å²) in [5, 5.41) is 3.43. The van der Waals surface area contributed by atoms with E-state index in [2.05, 4.69) is 33.0 Å². The van der Waals surface area contributed by atoms with Gasteiger partial charge in [-0.15, -0.1) is 0 Å². The first-order valence-electron chi connectivity index (χ1n) is 6.75. The maximum atomic E-state index is 11.7. The second kappa shape index (κ2) is 6.71. The van der Waals surface area contributed by atoms with Gasteiger partial charge in [-0.05, 0) is 23.0 Å². The zero-order valence-corrected chi connectivity index (χ0v) is 12.6. The Kier molecular flexibility index (Phi) is 5.55. The fourth-order valence-corrected chi connectivity index (χ4v) is 1.71. The second-order valence-electron chi connectivity index (χ2n) is 5.90. The molecular weight excluding hydrogens is 238 g/mol. The lowest BCUT2D eigenvalue weighted by Gasteiger charge is -2.29. The Morgan fingerprint density at radius 3 is 2.53 bits per heavy atom. The van der Waals surface area contributed by atoms with Crippen molar-refractivity contribution < 1.29 is 9.53 Å². The Bertz CT molecular complexity index is 425. The molecule has 0 aliphatic rings. The van der Waals surface area contributed by atoms with Gasteiger partial charge >= 0.3 is 5.97 Å². The Hall–Kier alpha value is -1.35. The van der Waals surface area contributed by atoms with Gasteiger partial charge in [0.05, 0.1) is 12.7 Å². The van der Waals surface area contributed by atoms with Crippen LogP contribution in [-0.4, -0.2) is 19.6 Å². The minimum atomic E-state index is -0.277. The molecule has 0 heterocycles. The van der Waals surface area contributed by atoms with Gasteiger partial charge in [-0.2, -0.15) is 0 Å². The van der Waals surface area contributed by atoms with Gasteiger partial charge in [0.25, 0.3) is 0 Å². The smallest absolute Gasteiger partial charge is 0.338 e. The molecule has 0 aliphatic heterocycles. The largest absolute Gasteiger partial charge is 0.465 e. The van der Waals surface area contributed by atoms with E-state index in [1.807, 2.05) is 18.2 Å². The molecule has 0 atom stereocenters. The van der Waals surface area contributed by atoms with E-state index >= 15 is 0 Å². The van der Waals surface area contributed by atoms with Gasteiger partial charge in [0.2, 0.25) is 0 Å². The summed E-state index contributed by atoms with van der Waals surface area (Å²) in [5.74, 6) is 0.330. The van der Waals surface area contributed by atoms with Gasteiger partial charge in [-0.3, -0.25) is 0 Å². The summed E-state index contributed by atoms with van der Waals surface area (Å²) in [7, 11) is 1.41. The van der Waals surface area contributed by atoms with Gasteiger partial charge < -0.3 is 10.1 Å². The summed E-state index contributed by atoms with van der Waals surface area (Å²) in [6, 6.07) is 7.56. The molecule has 1 rings (SSSR count). The van der Waals surface area contributed by atoms with Crippen molar-refractivity contribution in [3.63, 3.8) is 0 Å². The predicted molar refractivity (Wildman–Crippen MR) is 78.1 cm³/mol. The molecular formula is C16H25NO2. The molecule has 0 saturated carbocycles. The first kappa shape index (κ1) is 15.7. The summed E-state index contributed by atoms with van der Waals surface area (Å²) in [6.45, 7) is 10.5. The number of carbonyl (C=O) groups excluding carboxylic acids is 1. The number of methoxy groups -OCH3 is 1. The highest BCUT2D eigenvalue weighted by molar-refractivity contribution is 5.90. The van der Waals surface area contributed by atoms with Gasteiger partial charge in [0.15, 0.2) is 0 Å². The van der Waals surface area contributed by atoms with Crippen molar-refractivity contribution in [2.75, 3.05) is 13.7 Å². The number of carbonyl (C=O) groups is 1. The molecule has 0 unspecified atom stereocenters. The van der Waals surface area contributed by atoms with Crippen LogP contribution in [0.15, 0.2) is 24.3 Å². The fourth-order valence-electron chi connectivity index (χ4n) is 1.71. The molecule has 3 nitrogen and oxygen atoms in total. The predicted octanol–water partition coefficient (Wildman–Crippen LogP) is 3.25. The standard InChI is InChI=1S/C16H25NO2/c1-12(2)16(3,4)11-17-10-13-8-6-7-9-14(13)15(18)19-5/h6-9,12,17H,10-11H2,1-5H3. The van der Waals surface area contributed by atoms with Crippen molar-refractivity contribution in [2.24, 2.45) is 11.3 Å². The summed E-state index contributed by atoms with van der Waals surface area (Å²) in [6.07, 6.45) is 0. The van der Waals surface area contributed by atoms with Crippen LogP contribution in [0.25, 0.3) is 0 Å². The molecule has 1 aromatic carbocycles. The molecule has 1 aromatic rings. The van der Waals surface area contributed by atoms with Crippen molar-refractivity contribution in [1.29, 1.82) is 0 Å². The third kappa shape index (κ3) is 4.35. The zero-order chi connectivity index (χ0) is 14.5. The third-order valence-electron chi connectivity index (χ3n) is 3.88. The van der Waals surface area contributed by atoms with Crippen molar-refractivity contribution in [2.45, 2.75) is 34.2 Å². The van der Waals surface area contributed by atoms with E-state index in [1.165, 1.54) is 7.11 Å². The number of hydrogen-bond donors (Lipinski definition) is 1. The topological polar surface area (TPSA) is 38.3 Å². The lowest BCUT2D eigenvalue weighted by Crippen LogP contribution is -2.33. The van der Waals surface area contributed by atoms with E-state index in [1.54, 1.807) is 6.07 Å². The van der Waals surface area contributed by atoms with E-state index < -0.39 is 0 Å². The van der Waals surface area contributed by atoms with Gasteiger partial charge in [-0.1, -0.05) is 45.9 Å². The highest BCUT2D eigenvalue weighted by Crippen LogP contribution is 2.24. The van der Waals surface area contributed by atoms with Crippen LogP contribution in [0, 0.1) is 11.3 Å². The summed E-state index contributed by atoms with van der Waals surface area (Å²) in [4.78, 5) is 11.7. The molecule has 1 N–H and O–H groups in total. The van der Waals surface area contributed by atoms with Crippen LogP contribution < -0.4 is 5.32 Å². The van der Waals surface area contributed by atoms with Gasteiger partial charge in [-0.25, -0.2) is 4.79 Å². The van der Waals surface area contributed by atoms with Gasteiger partial charge in [0.1, 0.15) is 0 Å². The molecule has 0 saturated heterocycles. The molecule has 3 heteroatoms. The maximum Gasteiger partial charge on any atom is 0.338 e. The molecule has 0 radical (unpaired) electrons. The van der Waals surface area contributed by atoms with Crippen LogP contribution in [0.5, 0.6) is 0 Å². The van der Waals surface area contributed by atoms with Crippen molar-refractivity contribution >= 4 is 5.97 Å². The lowest BCUT2D eigenvalue weighted by atomic mass is 9.81. The van der Waals surface area contributed by atoms with E-state index in [9.17, 15) is 4.79 Å². The van der Waals surface area contributed by atoms with E-state index in [0.29, 0.717) is 18.0 Å². The van der Waals surface area contributed by atoms with E-state index in [4.69, 9.17) is 4.74 Å². The number of ether oxygens (including phenoxy) is 1. The van der Waals surface area contributed by atoms with Crippen molar-refractivity contribution in [1.82, 2.24) is 5.32 Å². The van der Waals surface area contributed by atoms with E-state index in [-0.39, 0.29) is 11.4 Å². The molecule has 0 amide bonds. The molecule has 0 aromatic heterocycles. The molecule has 106 valence electrons. The average Bonchev–Trinajstić information content (AvgIpc) is 2.38. The van der Waals surface area contributed by atoms with Crippen LogP contribution in [0.4, 0.5) is 0 Å². The first-order valence-corrected chi connectivity index (χ1v) is 6.75. The van der Waals surface area contributed by atoms with Crippen molar-refractivity contribution in [3.05, 3.63) is 35.4 Å². The van der Waals surface area contributed by atoms with Crippen LogP contribution in [-0.2, 0) is 11.3 Å². The normalized spacial score (nSPS) is 11.7. The number of rotatable bonds is 6. The van der Waals surface area contributed by atoms with Crippen LogP contribution >= 0.6 is 0 Å². The van der Waals surface area contributed by atoms with Gasteiger partial charge in [0, 0.05) is 13.1 Å². The molecule has 0 fully saturated rings. The molecule has 0 aliphatic carbocycles. The van der Waals surface area contributed by atoms with Crippen LogP contribution in [0.2, 0.25) is 0 Å². The Balaban J connectivity index is 2.66. The molecule has 0 bridgehead atoms. The first-order chi connectivity index (χ1) is 8.88. The summed E-state index contributed by atoms with van der Waals surface area (Å²) >= 11 is 0. The zero-order valence-electron chi connectivity index (χ0n) is 12.6. The summed E-state index contributed by atoms with van der Waals surface area (Å²) < 4.78 is 4.80. The number of hydrogen-bond acceptors (Lipinski definition) is 3. The van der Waals surface area contributed by atoms with E-state index in [0.717, 1.165) is 12.1 Å². The van der Waals surface area contributed by atoms with Crippen molar-refractivity contribution in [3.8, 4) is 0 Å². The summed E-state index contributed by atoms with van der Waals surface area (Å²) in [5.41, 5.74) is 1.86. The Morgan fingerprint density at radius 2 is 1.95 bits per heavy atom. The SMILES string of the molecule is COC(=O)c1ccccc1CNCC(C)(C)C(C)C. The molecule has 0 spiro atoms. The minimum Gasteiger partial charge on any atom is -0.465 e. The minimum absolute atomic E-state index is 0.236. The number of benzene rings is 1. The quantitative estimate of drug-likeness (QED) is 0.801. The maximum absolute atomic E-state index is 11.7. The monoisotopic (exact) mass is 263 g/mol. The third-order valence-corrected chi connectivity index (χ3v) is 3.88. The van der Waals surface area contributed by atoms with Crippen LogP contribution in [0.1, 0.15) is 43.6 Å². The van der Waals surface area contributed by atoms with Crippen LogP contribution in [0.3, 0.4) is 0 Å². The Labute approximate surface area is 116 Å².